The molecule has 0 bridgehead atoms. The number of esters is 1. The highest BCUT2D eigenvalue weighted by atomic mass is 16.5. The van der Waals surface area contributed by atoms with Gasteiger partial charge < -0.3 is 15.4 Å². The molecular formula is C14H20N2O2. The minimum absolute atomic E-state index is 0.258. The van der Waals surface area contributed by atoms with Crippen molar-refractivity contribution in [3.8, 4) is 0 Å². The molecule has 1 aromatic rings. The van der Waals surface area contributed by atoms with Crippen molar-refractivity contribution in [3.63, 3.8) is 0 Å². The molecule has 1 aromatic carbocycles. The van der Waals surface area contributed by atoms with Crippen molar-refractivity contribution in [2.75, 3.05) is 25.1 Å². The Morgan fingerprint density at radius 3 is 3.00 bits per heavy atom. The highest BCUT2D eigenvalue weighted by Crippen LogP contribution is 2.29. The molecule has 98 valence electrons. The van der Waals surface area contributed by atoms with Gasteiger partial charge in [0, 0.05) is 18.8 Å². The van der Waals surface area contributed by atoms with Gasteiger partial charge in [0.05, 0.1) is 7.11 Å². The summed E-state index contributed by atoms with van der Waals surface area (Å²) in [5, 5.41) is 0. The predicted octanol–water partition coefficient (Wildman–Crippen LogP) is 1.25. The van der Waals surface area contributed by atoms with Gasteiger partial charge in [0.1, 0.15) is 6.04 Å². The normalized spacial score (nSPS) is 16.1. The molecule has 0 aliphatic carbocycles. The minimum atomic E-state index is -0.378. The van der Waals surface area contributed by atoms with Crippen LogP contribution < -0.4 is 10.6 Å². The third-order valence-corrected chi connectivity index (χ3v) is 3.46. The van der Waals surface area contributed by atoms with Gasteiger partial charge in [-0.15, -0.1) is 0 Å². The minimum Gasteiger partial charge on any atom is -0.467 e. The largest absolute Gasteiger partial charge is 0.467 e. The first-order valence-electron chi connectivity index (χ1n) is 6.31. The van der Waals surface area contributed by atoms with Crippen LogP contribution in [0.5, 0.6) is 0 Å². The first-order valence-corrected chi connectivity index (χ1v) is 6.31. The molecule has 0 fully saturated rings. The van der Waals surface area contributed by atoms with Gasteiger partial charge >= 0.3 is 5.97 Å². The molecule has 4 heteroatoms. The standard InChI is InChI=1S/C14H20N2O2/c1-10-5-6-12-11(8-10)4-3-7-16(12)13(9-15)14(17)18-2/h5-6,8,13H,3-4,7,9,15H2,1-2H3. The second-order valence-electron chi connectivity index (χ2n) is 4.70. The molecule has 2 rings (SSSR count). The van der Waals surface area contributed by atoms with Crippen molar-refractivity contribution in [1.29, 1.82) is 0 Å². The number of hydrogen-bond acceptors (Lipinski definition) is 4. The quantitative estimate of drug-likeness (QED) is 0.818. The fourth-order valence-corrected chi connectivity index (χ4v) is 2.57. The molecule has 1 atom stereocenters. The molecule has 4 nitrogen and oxygen atoms in total. The maximum absolute atomic E-state index is 11.8. The number of rotatable bonds is 3. The Balaban J connectivity index is 2.34. The molecule has 1 heterocycles. The van der Waals surface area contributed by atoms with E-state index in [2.05, 4.69) is 30.0 Å². The van der Waals surface area contributed by atoms with Crippen LogP contribution in [0.25, 0.3) is 0 Å². The van der Waals surface area contributed by atoms with Gasteiger partial charge in [0.2, 0.25) is 0 Å². The number of nitrogens with two attached hydrogens (primary N) is 1. The predicted molar refractivity (Wildman–Crippen MR) is 71.7 cm³/mol. The van der Waals surface area contributed by atoms with Gasteiger partial charge in [0.25, 0.3) is 0 Å². The second kappa shape index (κ2) is 5.40. The number of carbonyl (C=O) groups is 1. The smallest absolute Gasteiger partial charge is 0.329 e. The summed E-state index contributed by atoms with van der Waals surface area (Å²) in [5.74, 6) is -0.258. The zero-order valence-electron chi connectivity index (χ0n) is 11.0. The lowest BCUT2D eigenvalue weighted by atomic mass is 9.98. The molecule has 0 radical (unpaired) electrons. The van der Waals surface area contributed by atoms with Gasteiger partial charge in [-0.05, 0) is 31.4 Å². The van der Waals surface area contributed by atoms with Gasteiger partial charge in [-0.3, -0.25) is 0 Å². The molecule has 0 saturated carbocycles. The lowest BCUT2D eigenvalue weighted by molar-refractivity contribution is -0.142. The van der Waals surface area contributed by atoms with Crippen LogP contribution in [-0.4, -0.2) is 32.2 Å². The summed E-state index contributed by atoms with van der Waals surface area (Å²) in [6.07, 6.45) is 2.11. The first-order chi connectivity index (χ1) is 8.67. The molecule has 0 amide bonds. The fraction of sp³-hybridized carbons (Fsp3) is 0.500. The van der Waals surface area contributed by atoms with E-state index in [1.165, 1.54) is 18.2 Å². The van der Waals surface area contributed by atoms with Gasteiger partial charge in [-0.25, -0.2) is 4.79 Å². The van der Waals surface area contributed by atoms with Crippen LogP contribution in [0.1, 0.15) is 17.5 Å². The van der Waals surface area contributed by atoms with E-state index in [1.54, 1.807) is 0 Å². The van der Waals surface area contributed by atoms with Crippen molar-refractivity contribution in [1.82, 2.24) is 0 Å². The van der Waals surface area contributed by atoms with Crippen LogP contribution in [-0.2, 0) is 16.0 Å². The zero-order chi connectivity index (χ0) is 13.1. The Morgan fingerprint density at radius 1 is 1.56 bits per heavy atom. The van der Waals surface area contributed by atoms with E-state index in [-0.39, 0.29) is 18.6 Å². The number of hydrogen-bond donors (Lipinski definition) is 1. The van der Waals surface area contributed by atoms with E-state index in [9.17, 15) is 4.79 Å². The number of nitrogens with zero attached hydrogens (tertiary/aromatic N) is 1. The van der Waals surface area contributed by atoms with E-state index in [0.717, 1.165) is 25.1 Å². The molecular weight excluding hydrogens is 228 g/mol. The van der Waals surface area contributed by atoms with Gasteiger partial charge in [0.15, 0.2) is 0 Å². The number of benzene rings is 1. The Hall–Kier alpha value is -1.55. The highest BCUT2D eigenvalue weighted by molar-refractivity contribution is 5.81. The molecule has 0 saturated heterocycles. The van der Waals surface area contributed by atoms with Crippen LogP contribution in [0, 0.1) is 6.92 Å². The van der Waals surface area contributed by atoms with E-state index in [4.69, 9.17) is 10.5 Å². The Kier molecular flexibility index (Phi) is 3.87. The molecule has 1 aliphatic rings. The Bertz CT molecular complexity index is 445. The third kappa shape index (κ3) is 2.34. The SMILES string of the molecule is COC(=O)C(CN)N1CCCc2cc(C)ccc21. The van der Waals surface area contributed by atoms with Crippen molar-refractivity contribution in [2.24, 2.45) is 5.73 Å². The van der Waals surface area contributed by atoms with Crippen LogP contribution in [0.3, 0.4) is 0 Å². The lowest BCUT2D eigenvalue weighted by Crippen LogP contribution is -2.49. The average Bonchev–Trinajstić information content (AvgIpc) is 2.39. The van der Waals surface area contributed by atoms with E-state index in [1.807, 2.05) is 0 Å². The number of anilines is 1. The summed E-state index contributed by atoms with van der Waals surface area (Å²) in [6, 6.07) is 5.96. The average molecular weight is 248 g/mol. The summed E-state index contributed by atoms with van der Waals surface area (Å²) < 4.78 is 4.83. The Labute approximate surface area is 108 Å². The van der Waals surface area contributed by atoms with Crippen LogP contribution in [0.2, 0.25) is 0 Å². The molecule has 18 heavy (non-hydrogen) atoms. The van der Waals surface area contributed by atoms with Crippen LogP contribution in [0.15, 0.2) is 18.2 Å². The van der Waals surface area contributed by atoms with Crippen molar-refractivity contribution < 1.29 is 9.53 Å². The number of fused-ring (bicyclic) bond motifs is 1. The third-order valence-electron chi connectivity index (χ3n) is 3.46. The van der Waals surface area contributed by atoms with Gasteiger partial charge in [-0.1, -0.05) is 17.7 Å². The van der Waals surface area contributed by atoms with Crippen molar-refractivity contribution >= 4 is 11.7 Å². The molecule has 1 aliphatic heterocycles. The fourth-order valence-electron chi connectivity index (χ4n) is 2.57. The number of ether oxygens (including phenoxy) is 1. The van der Waals surface area contributed by atoms with Crippen LogP contribution >= 0.6 is 0 Å². The maximum atomic E-state index is 11.8. The number of carbonyl (C=O) groups excluding carboxylic acids is 1. The van der Waals surface area contributed by atoms with E-state index in [0.29, 0.717) is 0 Å². The highest BCUT2D eigenvalue weighted by Gasteiger charge is 2.29. The summed E-state index contributed by atoms with van der Waals surface area (Å²) in [4.78, 5) is 13.8. The van der Waals surface area contributed by atoms with E-state index < -0.39 is 0 Å². The van der Waals surface area contributed by atoms with Crippen LogP contribution in [0.4, 0.5) is 5.69 Å². The summed E-state index contributed by atoms with van der Waals surface area (Å²) >= 11 is 0. The maximum Gasteiger partial charge on any atom is 0.329 e. The second-order valence-corrected chi connectivity index (χ2v) is 4.70. The Morgan fingerprint density at radius 2 is 2.33 bits per heavy atom. The molecule has 2 N–H and O–H groups in total. The molecule has 0 aromatic heterocycles. The topological polar surface area (TPSA) is 55.6 Å². The molecule has 0 spiro atoms. The van der Waals surface area contributed by atoms with E-state index >= 15 is 0 Å². The summed E-state index contributed by atoms with van der Waals surface area (Å²) in [5.41, 5.74) is 9.39. The summed E-state index contributed by atoms with van der Waals surface area (Å²) in [7, 11) is 1.41. The zero-order valence-corrected chi connectivity index (χ0v) is 11.0. The van der Waals surface area contributed by atoms with Crippen molar-refractivity contribution in [3.05, 3.63) is 29.3 Å². The van der Waals surface area contributed by atoms with Crippen molar-refractivity contribution in [2.45, 2.75) is 25.8 Å². The number of aryl methyl sites for hydroxylation is 2. The lowest BCUT2D eigenvalue weighted by Gasteiger charge is -2.36. The molecule has 1 unspecified atom stereocenters. The van der Waals surface area contributed by atoms with Gasteiger partial charge in [-0.2, -0.15) is 0 Å². The first kappa shape index (κ1) is 12.9. The monoisotopic (exact) mass is 248 g/mol. The number of methoxy groups -OCH3 is 1. The summed E-state index contributed by atoms with van der Waals surface area (Å²) in [6.45, 7) is 3.22.